The van der Waals surface area contributed by atoms with Gasteiger partial charge in [0.05, 0.1) is 5.69 Å². The quantitative estimate of drug-likeness (QED) is 0.715. The highest BCUT2D eigenvalue weighted by molar-refractivity contribution is 5.95. The first-order valence-electron chi connectivity index (χ1n) is 6.96. The first kappa shape index (κ1) is 13.1. The largest absolute Gasteiger partial charge is 0.326 e. The Morgan fingerprint density at radius 1 is 1.00 bits per heavy atom. The summed E-state index contributed by atoms with van der Waals surface area (Å²) in [4.78, 5) is 6.54. The molecule has 0 spiro atoms. The number of rotatable bonds is 3. The third-order valence-corrected chi connectivity index (χ3v) is 3.50. The van der Waals surface area contributed by atoms with E-state index in [1.54, 1.807) is 6.07 Å². The van der Waals surface area contributed by atoms with Crippen LogP contribution < -0.4 is 4.90 Å². The summed E-state index contributed by atoms with van der Waals surface area (Å²) in [6, 6.07) is 22.2. The van der Waals surface area contributed by atoms with Crippen molar-refractivity contribution in [2.45, 2.75) is 6.92 Å². The molecule has 0 aliphatic carbocycles. The number of nitriles is 1. The summed E-state index contributed by atoms with van der Waals surface area (Å²) in [6.45, 7) is 2.87. The van der Waals surface area contributed by atoms with E-state index >= 15 is 0 Å². The SMILES string of the molecule is CCN(c1cccc(C#N)n1)c1cccc2ccccc12. The second-order valence-electron chi connectivity index (χ2n) is 4.74. The van der Waals surface area contributed by atoms with Crippen LogP contribution in [0.3, 0.4) is 0 Å². The van der Waals surface area contributed by atoms with E-state index in [1.165, 1.54) is 10.8 Å². The van der Waals surface area contributed by atoms with Gasteiger partial charge in [0.1, 0.15) is 17.6 Å². The van der Waals surface area contributed by atoms with Crippen LogP contribution in [0.25, 0.3) is 10.8 Å². The van der Waals surface area contributed by atoms with Crippen LogP contribution in [0.1, 0.15) is 12.6 Å². The number of benzene rings is 2. The molecular weight excluding hydrogens is 258 g/mol. The summed E-state index contributed by atoms with van der Waals surface area (Å²) < 4.78 is 0. The van der Waals surface area contributed by atoms with Gasteiger partial charge in [-0.15, -0.1) is 0 Å². The lowest BCUT2D eigenvalue weighted by molar-refractivity contribution is 0.991. The van der Waals surface area contributed by atoms with Crippen LogP contribution in [-0.4, -0.2) is 11.5 Å². The van der Waals surface area contributed by atoms with Crippen molar-refractivity contribution in [1.29, 1.82) is 5.26 Å². The maximum absolute atomic E-state index is 9.03. The van der Waals surface area contributed by atoms with Gasteiger partial charge in [-0.2, -0.15) is 5.26 Å². The van der Waals surface area contributed by atoms with Crippen molar-refractivity contribution in [2.75, 3.05) is 11.4 Å². The zero-order valence-electron chi connectivity index (χ0n) is 11.8. The van der Waals surface area contributed by atoms with Crippen LogP contribution in [0.2, 0.25) is 0 Å². The predicted molar refractivity (Wildman–Crippen MR) is 85.6 cm³/mol. The zero-order chi connectivity index (χ0) is 14.7. The molecule has 0 aliphatic heterocycles. The number of anilines is 2. The van der Waals surface area contributed by atoms with Crippen molar-refractivity contribution < 1.29 is 0 Å². The van der Waals surface area contributed by atoms with Crippen LogP contribution in [0.4, 0.5) is 11.5 Å². The molecule has 21 heavy (non-hydrogen) atoms. The van der Waals surface area contributed by atoms with E-state index in [0.717, 1.165) is 18.1 Å². The van der Waals surface area contributed by atoms with Gasteiger partial charge in [0, 0.05) is 11.9 Å². The lowest BCUT2D eigenvalue weighted by Gasteiger charge is -2.23. The number of fused-ring (bicyclic) bond motifs is 1. The molecule has 3 rings (SSSR count). The van der Waals surface area contributed by atoms with Gasteiger partial charge in [-0.05, 0) is 30.5 Å². The number of nitrogens with zero attached hydrogens (tertiary/aromatic N) is 3. The van der Waals surface area contributed by atoms with Crippen molar-refractivity contribution in [3.8, 4) is 6.07 Å². The zero-order valence-corrected chi connectivity index (χ0v) is 11.8. The molecule has 1 aromatic heterocycles. The fourth-order valence-corrected chi connectivity index (χ4v) is 2.54. The van der Waals surface area contributed by atoms with Crippen molar-refractivity contribution >= 4 is 22.3 Å². The highest BCUT2D eigenvalue weighted by atomic mass is 15.2. The van der Waals surface area contributed by atoms with E-state index in [2.05, 4.69) is 53.2 Å². The number of aromatic nitrogens is 1. The van der Waals surface area contributed by atoms with Gasteiger partial charge in [0.2, 0.25) is 0 Å². The summed E-state index contributed by atoms with van der Waals surface area (Å²) in [5.41, 5.74) is 1.55. The van der Waals surface area contributed by atoms with Gasteiger partial charge in [-0.25, -0.2) is 4.98 Å². The molecule has 0 bridgehead atoms. The molecule has 0 amide bonds. The fraction of sp³-hybridized carbons (Fsp3) is 0.111. The Morgan fingerprint density at radius 2 is 1.76 bits per heavy atom. The summed E-state index contributed by atoms with van der Waals surface area (Å²) in [5.74, 6) is 0.799. The van der Waals surface area contributed by atoms with E-state index in [-0.39, 0.29) is 0 Å². The second-order valence-corrected chi connectivity index (χ2v) is 4.74. The van der Waals surface area contributed by atoms with Crippen molar-refractivity contribution in [1.82, 2.24) is 4.98 Å². The first-order chi connectivity index (χ1) is 10.3. The maximum Gasteiger partial charge on any atom is 0.142 e. The van der Waals surface area contributed by atoms with E-state index in [1.807, 2.05) is 24.3 Å². The van der Waals surface area contributed by atoms with Crippen LogP contribution in [0.15, 0.2) is 60.7 Å². The minimum Gasteiger partial charge on any atom is -0.326 e. The Labute approximate surface area is 124 Å². The first-order valence-corrected chi connectivity index (χ1v) is 6.96. The molecule has 2 aromatic carbocycles. The number of hydrogen-bond donors (Lipinski definition) is 0. The van der Waals surface area contributed by atoms with Crippen molar-refractivity contribution in [3.05, 3.63) is 66.4 Å². The fourth-order valence-electron chi connectivity index (χ4n) is 2.54. The second kappa shape index (κ2) is 5.64. The molecular formula is C18H15N3. The molecule has 3 heteroatoms. The lowest BCUT2D eigenvalue weighted by atomic mass is 10.1. The molecule has 0 aliphatic rings. The lowest BCUT2D eigenvalue weighted by Crippen LogP contribution is -2.17. The minimum atomic E-state index is 0.436. The number of pyridine rings is 1. The maximum atomic E-state index is 9.03. The Balaban J connectivity index is 2.16. The molecule has 0 saturated carbocycles. The smallest absolute Gasteiger partial charge is 0.142 e. The molecule has 0 atom stereocenters. The summed E-state index contributed by atoms with van der Waals surface area (Å²) >= 11 is 0. The standard InChI is InChI=1S/C18H15N3/c1-2-21(18-12-6-9-15(13-19)20-18)17-11-5-8-14-7-3-4-10-16(14)17/h3-12H,2H2,1H3. The highest BCUT2D eigenvalue weighted by Crippen LogP contribution is 2.31. The van der Waals surface area contributed by atoms with Crippen LogP contribution in [-0.2, 0) is 0 Å². The molecule has 0 unspecified atom stereocenters. The van der Waals surface area contributed by atoms with Crippen molar-refractivity contribution in [3.63, 3.8) is 0 Å². The molecule has 0 radical (unpaired) electrons. The highest BCUT2D eigenvalue weighted by Gasteiger charge is 2.12. The molecule has 0 N–H and O–H groups in total. The normalized spacial score (nSPS) is 10.3. The summed E-state index contributed by atoms with van der Waals surface area (Å²) in [7, 11) is 0. The molecule has 0 saturated heterocycles. The van der Waals surface area contributed by atoms with E-state index in [4.69, 9.17) is 5.26 Å². The van der Waals surface area contributed by atoms with Gasteiger partial charge >= 0.3 is 0 Å². The Hall–Kier alpha value is -2.86. The van der Waals surface area contributed by atoms with Gasteiger partial charge in [-0.1, -0.05) is 42.5 Å². The monoisotopic (exact) mass is 273 g/mol. The van der Waals surface area contributed by atoms with E-state index in [9.17, 15) is 0 Å². The predicted octanol–water partition coefficient (Wildman–Crippen LogP) is 4.26. The minimum absolute atomic E-state index is 0.436. The average Bonchev–Trinajstić information content (AvgIpc) is 2.56. The van der Waals surface area contributed by atoms with Gasteiger partial charge in [0.25, 0.3) is 0 Å². The summed E-state index contributed by atoms with van der Waals surface area (Å²) in [5, 5.41) is 11.4. The molecule has 1 heterocycles. The summed E-state index contributed by atoms with van der Waals surface area (Å²) in [6.07, 6.45) is 0. The van der Waals surface area contributed by atoms with Crippen LogP contribution >= 0.6 is 0 Å². The van der Waals surface area contributed by atoms with E-state index in [0.29, 0.717) is 5.69 Å². The Morgan fingerprint density at radius 3 is 2.57 bits per heavy atom. The van der Waals surface area contributed by atoms with E-state index < -0.39 is 0 Å². The molecule has 3 nitrogen and oxygen atoms in total. The third-order valence-electron chi connectivity index (χ3n) is 3.50. The Kier molecular flexibility index (Phi) is 3.53. The molecule has 102 valence electrons. The van der Waals surface area contributed by atoms with Gasteiger partial charge in [0.15, 0.2) is 0 Å². The molecule has 0 fully saturated rings. The topological polar surface area (TPSA) is 39.9 Å². The van der Waals surface area contributed by atoms with Crippen molar-refractivity contribution in [2.24, 2.45) is 0 Å². The third kappa shape index (κ3) is 2.44. The number of hydrogen-bond acceptors (Lipinski definition) is 3. The van der Waals surface area contributed by atoms with Gasteiger partial charge < -0.3 is 4.90 Å². The van der Waals surface area contributed by atoms with Crippen LogP contribution in [0, 0.1) is 11.3 Å². The average molecular weight is 273 g/mol. The Bertz CT molecular complexity index is 813. The van der Waals surface area contributed by atoms with Gasteiger partial charge in [-0.3, -0.25) is 0 Å². The molecule has 3 aromatic rings. The van der Waals surface area contributed by atoms with Crippen LogP contribution in [0.5, 0.6) is 0 Å².